The molecule has 1 aliphatic rings. The van der Waals surface area contributed by atoms with E-state index in [1.165, 1.54) is 28.9 Å². The fourth-order valence-electron chi connectivity index (χ4n) is 3.35. The molecule has 3 aromatic rings. The smallest absolute Gasteiger partial charge is 0.376 e. The van der Waals surface area contributed by atoms with Crippen LogP contribution in [-0.4, -0.2) is 49.8 Å². The monoisotopic (exact) mass is 406 g/mol. The third kappa shape index (κ3) is 3.77. The molecule has 2 atom stereocenters. The van der Waals surface area contributed by atoms with Gasteiger partial charge in [0.1, 0.15) is 5.65 Å². The Kier molecular flexibility index (Phi) is 4.91. The summed E-state index contributed by atoms with van der Waals surface area (Å²) in [7, 11) is 0. The lowest BCUT2D eigenvalue weighted by Gasteiger charge is -2.26. The maximum atomic E-state index is 13.2. The highest BCUT2D eigenvalue weighted by Crippen LogP contribution is 2.38. The summed E-state index contributed by atoms with van der Waals surface area (Å²) >= 11 is 0. The zero-order valence-electron chi connectivity index (χ0n) is 15.7. The van der Waals surface area contributed by atoms with E-state index in [9.17, 15) is 18.3 Å². The molecule has 3 N–H and O–H groups in total. The minimum absolute atomic E-state index is 0.217. The molecule has 0 aliphatic carbocycles. The lowest BCUT2D eigenvalue weighted by molar-refractivity contribution is -0.259. The first-order valence-corrected chi connectivity index (χ1v) is 9.33. The van der Waals surface area contributed by atoms with Gasteiger partial charge in [-0.1, -0.05) is 6.07 Å². The molecule has 0 spiro atoms. The number of halogens is 3. The number of nitrogens with zero attached hydrogens (tertiary/aromatic N) is 4. The maximum Gasteiger partial charge on any atom is 0.421 e. The van der Waals surface area contributed by atoms with Gasteiger partial charge in [-0.25, -0.2) is 15.0 Å². The normalized spacial score (nSPS) is 19.8. The van der Waals surface area contributed by atoms with Gasteiger partial charge in [-0.2, -0.15) is 13.2 Å². The van der Waals surface area contributed by atoms with Gasteiger partial charge in [-0.3, -0.25) is 4.40 Å². The van der Waals surface area contributed by atoms with Crippen molar-refractivity contribution < 1.29 is 18.3 Å². The second-order valence-corrected chi connectivity index (χ2v) is 7.31. The number of imidazole rings is 1. The number of nitrogens with one attached hydrogen (secondary N) is 2. The first kappa shape index (κ1) is 19.6. The summed E-state index contributed by atoms with van der Waals surface area (Å²) in [4.78, 5) is 13.0. The number of rotatable bonds is 4. The van der Waals surface area contributed by atoms with E-state index < -0.39 is 11.8 Å². The number of aliphatic hydroxyl groups is 1. The summed E-state index contributed by atoms with van der Waals surface area (Å²) in [6.07, 6.45) is 1.64. The highest BCUT2D eigenvalue weighted by atomic mass is 19.4. The molecular formula is C19H21F3N6O. The van der Waals surface area contributed by atoms with E-state index in [1.807, 2.05) is 0 Å². The maximum absolute atomic E-state index is 13.2. The Morgan fingerprint density at radius 2 is 2.07 bits per heavy atom. The van der Waals surface area contributed by atoms with E-state index in [2.05, 4.69) is 25.6 Å². The van der Waals surface area contributed by atoms with Crippen LogP contribution < -0.4 is 10.6 Å². The van der Waals surface area contributed by atoms with E-state index in [4.69, 9.17) is 0 Å². The summed E-state index contributed by atoms with van der Waals surface area (Å²) in [6, 6.07) is 4.55. The van der Waals surface area contributed by atoms with Crippen LogP contribution in [0.2, 0.25) is 0 Å². The molecule has 29 heavy (non-hydrogen) atoms. The average molecular weight is 406 g/mol. The third-order valence-corrected chi connectivity index (χ3v) is 5.17. The molecule has 1 saturated heterocycles. The van der Waals surface area contributed by atoms with Crippen LogP contribution in [-0.2, 0) is 5.60 Å². The van der Waals surface area contributed by atoms with Gasteiger partial charge in [0.05, 0.1) is 17.6 Å². The van der Waals surface area contributed by atoms with E-state index in [1.54, 1.807) is 12.3 Å². The van der Waals surface area contributed by atoms with Crippen LogP contribution in [0, 0.1) is 0 Å². The number of alkyl halides is 3. The fraction of sp³-hybridized carbons (Fsp3) is 0.421. The molecule has 0 saturated carbocycles. The molecule has 0 radical (unpaired) electrons. The van der Waals surface area contributed by atoms with Gasteiger partial charge in [0.25, 0.3) is 0 Å². The standard InChI is InChI=1S/C19H21F3N6O/c1-18(29,19(20,21)22)12-4-5-16-25-10-15(28(16)11-12)14-6-8-24-17(27-14)26-13-3-2-7-23-9-13/h4-6,8,10-11,13,23,29H,2-3,7,9H2,1H3,(H,24,26,27)/t13-,18+/m1/s1. The van der Waals surface area contributed by atoms with Crippen molar-refractivity contribution in [1.29, 1.82) is 0 Å². The minimum atomic E-state index is -4.80. The van der Waals surface area contributed by atoms with Gasteiger partial charge >= 0.3 is 6.18 Å². The van der Waals surface area contributed by atoms with Crippen LogP contribution in [0.1, 0.15) is 25.3 Å². The average Bonchev–Trinajstić information content (AvgIpc) is 3.11. The van der Waals surface area contributed by atoms with Crippen LogP contribution in [0.4, 0.5) is 19.1 Å². The van der Waals surface area contributed by atoms with Crippen LogP contribution in [0.25, 0.3) is 17.0 Å². The number of hydrogen-bond acceptors (Lipinski definition) is 6. The van der Waals surface area contributed by atoms with E-state index in [0.717, 1.165) is 32.9 Å². The third-order valence-electron chi connectivity index (χ3n) is 5.17. The highest BCUT2D eigenvalue weighted by Gasteiger charge is 2.51. The predicted octanol–water partition coefficient (Wildman–Crippen LogP) is 2.73. The molecule has 154 valence electrons. The molecule has 0 aromatic carbocycles. The molecule has 0 bridgehead atoms. The SMILES string of the molecule is C[C@](O)(c1ccc2ncc(-c3ccnc(N[C@@H]4CCCNC4)n3)n2c1)C(F)(F)F. The van der Waals surface area contributed by atoms with Crippen molar-refractivity contribution in [3.63, 3.8) is 0 Å². The Hall–Kier alpha value is -2.72. The van der Waals surface area contributed by atoms with Crippen molar-refractivity contribution in [3.8, 4) is 11.4 Å². The van der Waals surface area contributed by atoms with Crippen LogP contribution in [0.3, 0.4) is 0 Å². The van der Waals surface area contributed by atoms with E-state index in [-0.39, 0.29) is 11.6 Å². The van der Waals surface area contributed by atoms with Crippen molar-refractivity contribution in [2.75, 3.05) is 18.4 Å². The molecule has 7 nitrogen and oxygen atoms in total. The van der Waals surface area contributed by atoms with Gasteiger partial charge in [0, 0.05) is 30.5 Å². The zero-order valence-corrected chi connectivity index (χ0v) is 15.7. The number of piperidine rings is 1. The van der Waals surface area contributed by atoms with Gasteiger partial charge in [-0.15, -0.1) is 0 Å². The Balaban J connectivity index is 1.69. The Labute approximate surface area is 165 Å². The number of hydrogen-bond donors (Lipinski definition) is 3. The number of aromatic nitrogens is 4. The summed E-state index contributed by atoms with van der Waals surface area (Å²) < 4.78 is 41.2. The summed E-state index contributed by atoms with van der Waals surface area (Å²) in [6.45, 7) is 2.54. The van der Waals surface area contributed by atoms with E-state index in [0.29, 0.717) is 23.0 Å². The van der Waals surface area contributed by atoms with Crippen LogP contribution >= 0.6 is 0 Å². The number of pyridine rings is 1. The molecule has 1 fully saturated rings. The quantitative estimate of drug-likeness (QED) is 0.618. The van der Waals surface area contributed by atoms with Crippen molar-refractivity contribution >= 4 is 11.6 Å². The molecule has 10 heteroatoms. The highest BCUT2D eigenvalue weighted by molar-refractivity contribution is 5.61. The molecule has 3 aromatic heterocycles. The number of fused-ring (bicyclic) bond motifs is 1. The van der Waals surface area contributed by atoms with Crippen molar-refractivity contribution in [2.24, 2.45) is 0 Å². The fourth-order valence-corrected chi connectivity index (χ4v) is 3.35. The van der Waals surface area contributed by atoms with Gasteiger partial charge < -0.3 is 15.7 Å². The molecule has 0 unspecified atom stereocenters. The largest absolute Gasteiger partial charge is 0.421 e. The Morgan fingerprint density at radius 1 is 1.24 bits per heavy atom. The summed E-state index contributed by atoms with van der Waals surface area (Å²) in [5.41, 5.74) is -1.78. The Morgan fingerprint density at radius 3 is 2.79 bits per heavy atom. The molecular weight excluding hydrogens is 385 g/mol. The molecule has 0 amide bonds. The van der Waals surface area contributed by atoms with Gasteiger partial charge in [0.2, 0.25) is 5.95 Å². The molecule has 1 aliphatic heterocycles. The first-order valence-electron chi connectivity index (χ1n) is 9.33. The van der Waals surface area contributed by atoms with Crippen LogP contribution in [0.15, 0.2) is 36.8 Å². The molecule has 4 rings (SSSR count). The Bertz CT molecular complexity index is 1010. The second kappa shape index (κ2) is 7.27. The summed E-state index contributed by atoms with van der Waals surface area (Å²) in [5.74, 6) is 0.449. The number of anilines is 1. The second-order valence-electron chi connectivity index (χ2n) is 7.31. The van der Waals surface area contributed by atoms with Gasteiger partial charge in [-0.05, 0) is 38.4 Å². The zero-order chi connectivity index (χ0) is 20.6. The minimum Gasteiger partial charge on any atom is -0.376 e. The lowest BCUT2D eigenvalue weighted by atomic mass is 9.97. The lowest BCUT2D eigenvalue weighted by Crippen LogP contribution is -2.39. The molecule has 4 heterocycles. The topological polar surface area (TPSA) is 87.4 Å². The first-order chi connectivity index (χ1) is 13.8. The van der Waals surface area contributed by atoms with Crippen molar-refractivity contribution in [2.45, 2.75) is 37.6 Å². The van der Waals surface area contributed by atoms with Crippen LogP contribution in [0.5, 0.6) is 0 Å². The predicted molar refractivity (Wildman–Crippen MR) is 101 cm³/mol. The van der Waals surface area contributed by atoms with E-state index >= 15 is 0 Å². The van der Waals surface area contributed by atoms with Gasteiger partial charge in [0.15, 0.2) is 5.60 Å². The van der Waals surface area contributed by atoms with Crippen molar-refractivity contribution in [3.05, 3.63) is 42.4 Å². The summed E-state index contributed by atoms with van der Waals surface area (Å²) in [5, 5.41) is 16.6. The van der Waals surface area contributed by atoms with Crippen molar-refractivity contribution in [1.82, 2.24) is 24.7 Å².